The Morgan fingerprint density at radius 3 is 2.20 bits per heavy atom. The van der Waals surface area contributed by atoms with Crippen LogP contribution in [0.3, 0.4) is 0 Å². The number of ether oxygens (including phenoxy) is 2. The van der Waals surface area contributed by atoms with Crippen molar-refractivity contribution < 1.29 is 32.2 Å². The molecule has 0 saturated heterocycles. The standard InChI is InChI=1S/C26H29F3N2O4/c1-16(19-12-21(30)14-22(31)13-19)15-34-24(32)11-4-17-2-9-23(10-3-17)35-25(33)18-5-7-20(8-6-18)26(27,28)29/h2-4,9-14,16,18,20H,5-8,15,30-31H2,1H3/b11-4+. The summed E-state index contributed by atoms with van der Waals surface area (Å²) in [4.78, 5) is 24.4. The van der Waals surface area contributed by atoms with Crippen molar-refractivity contribution in [1.29, 1.82) is 0 Å². The fourth-order valence-corrected chi connectivity index (χ4v) is 4.01. The SMILES string of the molecule is CC(COC(=O)/C=C/c1ccc(OC(=O)C2CCC(C(F)(F)F)CC2)cc1)c1cc(N)cc(N)c1. The molecule has 188 valence electrons. The molecule has 9 heteroatoms. The minimum atomic E-state index is -4.21. The number of hydrogen-bond acceptors (Lipinski definition) is 6. The number of anilines is 2. The molecular formula is C26H29F3N2O4. The van der Waals surface area contributed by atoms with Crippen LogP contribution in [-0.4, -0.2) is 24.7 Å². The van der Waals surface area contributed by atoms with E-state index in [2.05, 4.69) is 0 Å². The molecule has 1 saturated carbocycles. The van der Waals surface area contributed by atoms with Crippen LogP contribution in [0.1, 0.15) is 49.7 Å². The van der Waals surface area contributed by atoms with Gasteiger partial charge in [0.2, 0.25) is 0 Å². The maximum Gasteiger partial charge on any atom is 0.391 e. The second-order valence-electron chi connectivity index (χ2n) is 8.88. The average Bonchev–Trinajstić information content (AvgIpc) is 2.81. The molecule has 1 aliphatic rings. The number of nitrogens with two attached hydrogens (primary N) is 2. The number of halogens is 3. The molecule has 3 rings (SSSR count). The van der Waals surface area contributed by atoms with E-state index >= 15 is 0 Å². The van der Waals surface area contributed by atoms with Crippen molar-refractivity contribution >= 4 is 29.4 Å². The molecule has 0 radical (unpaired) electrons. The summed E-state index contributed by atoms with van der Waals surface area (Å²) in [5.74, 6) is -2.71. The van der Waals surface area contributed by atoms with Gasteiger partial charge in [0.25, 0.3) is 0 Å². The molecule has 4 N–H and O–H groups in total. The lowest BCUT2D eigenvalue weighted by Crippen LogP contribution is -2.31. The Morgan fingerprint density at radius 1 is 1.03 bits per heavy atom. The minimum Gasteiger partial charge on any atom is -0.462 e. The van der Waals surface area contributed by atoms with Gasteiger partial charge in [0.1, 0.15) is 5.75 Å². The van der Waals surface area contributed by atoms with Gasteiger partial charge in [-0.05, 0) is 73.2 Å². The van der Waals surface area contributed by atoms with E-state index in [1.807, 2.05) is 6.92 Å². The van der Waals surface area contributed by atoms with Crippen LogP contribution in [0.2, 0.25) is 0 Å². The average molecular weight is 491 g/mol. The first kappa shape index (κ1) is 26.1. The quantitative estimate of drug-likeness (QED) is 0.230. The molecule has 2 aromatic rings. The number of benzene rings is 2. The van der Waals surface area contributed by atoms with Gasteiger partial charge in [-0.3, -0.25) is 4.79 Å². The molecule has 1 fully saturated rings. The fourth-order valence-electron chi connectivity index (χ4n) is 4.01. The van der Waals surface area contributed by atoms with E-state index < -0.39 is 30.0 Å². The summed E-state index contributed by atoms with van der Waals surface area (Å²) < 4.78 is 49.0. The van der Waals surface area contributed by atoms with Crippen LogP contribution in [0, 0.1) is 11.8 Å². The summed E-state index contributed by atoms with van der Waals surface area (Å²) in [5, 5.41) is 0. The van der Waals surface area contributed by atoms with Crippen molar-refractivity contribution in [2.24, 2.45) is 11.8 Å². The highest BCUT2D eigenvalue weighted by Gasteiger charge is 2.42. The van der Waals surface area contributed by atoms with Crippen molar-refractivity contribution in [2.45, 2.75) is 44.7 Å². The zero-order valence-electron chi connectivity index (χ0n) is 19.4. The number of alkyl halides is 3. The predicted molar refractivity (Wildman–Crippen MR) is 127 cm³/mol. The lowest BCUT2D eigenvalue weighted by Gasteiger charge is -2.28. The molecule has 2 aromatic carbocycles. The number of carbonyl (C=O) groups is 2. The number of hydrogen-bond donors (Lipinski definition) is 2. The van der Waals surface area contributed by atoms with E-state index in [9.17, 15) is 22.8 Å². The molecule has 1 aliphatic carbocycles. The van der Waals surface area contributed by atoms with Crippen LogP contribution in [0.5, 0.6) is 5.75 Å². The molecular weight excluding hydrogens is 461 g/mol. The Labute approximate surface area is 202 Å². The highest BCUT2D eigenvalue weighted by molar-refractivity contribution is 5.87. The molecule has 0 aromatic heterocycles. The Kier molecular flexibility index (Phi) is 8.43. The molecule has 0 amide bonds. The lowest BCUT2D eigenvalue weighted by atomic mass is 9.82. The number of carbonyl (C=O) groups excluding carboxylic acids is 2. The van der Waals surface area contributed by atoms with E-state index in [4.69, 9.17) is 20.9 Å². The summed E-state index contributed by atoms with van der Waals surface area (Å²) >= 11 is 0. The van der Waals surface area contributed by atoms with Gasteiger partial charge < -0.3 is 20.9 Å². The first-order chi connectivity index (χ1) is 16.5. The number of rotatable bonds is 7. The second kappa shape index (κ2) is 11.3. The van der Waals surface area contributed by atoms with Gasteiger partial charge in [0.05, 0.1) is 18.4 Å². The first-order valence-corrected chi connectivity index (χ1v) is 11.4. The molecule has 0 aliphatic heterocycles. The predicted octanol–water partition coefficient (Wildman–Crippen LogP) is 5.49. The summed E-state index contributed by atoms with van der Waals surface area (Å²) in [6.45, 7) is 2.05. The van der Waals surface area contributed by atoms with Gasteiger partial charge in [-0.25, -0.2) is 4.79 Å². The maximum atomic E-state index is 12.8. The molecule has 0 heterocycles. The van der Waals surface area contributed by atoms with Gasteiger partial charge in [0, 0.05) is 23.4 Å². The van der Waals surface area contributed by atoms with Crippen molar-refractivity contribution in [3.63, 3.8) is 0 Å². The molecule has 1 unspecified atom stereocenters. The molecule has 6 nitrogen and oxygen atoms in total. The third kappa shape index (κ3) is 7.77. The van der Waals surface area contributed by atoms with E-state index in [1.165, 1.54) is 6.08 Å². The maximum absolute atomic E-state index is 12.8. The lowest BCUT2D eigenvalue weighted by molar-refractivity contribution is -0.185. The van der Waals surface area contributed by atoms with Crippen LogP contribution >= 0.6 is 0 Å². The highest BCUT2D eigenvalue weighted by Crippen LogP contribution is 2.39. The van der Waals surface area contributed by atoms with Gasteiger partial charge in [-0.15, -0.1) is 0 Å². The third-order valence-corrected chi connectivity index (χ3v) is 6.08. The summed E-state index contributed by atoms with van der Waals surface area (Å²) in [6, 6.07) is 11.7. The second-order valence-corrected chi connectivity index (χ2v) is 8.88. The van der Waals surface area contributed by atoms with E-state index in [0.717, 1.165) is 5.56 Å². The molecule has 0 spiro atoms. The smallest absolute Gasteiger partial charge is 0.391 e. The Bertz CT molecular complexity index is 1040. The van der Waals surface area contributed by atoms with Crippen molar-refractivity contribution in [3.05, 3.63) is 59.7 Å². The first-order valence-electron chi connectivity index (χ1n) is 11.4. The van der Waals surface area contributed by atoms with Crippen LogP contribution in [-0.2, 0) is 14.3 Å². The summed E-state index contributed by atoms with van der Waals surface area (Å²) in [6.07, 6.45) is -1.15. The van der Waals surface area contributed by atoms with Gasteiger partial charge in [-0.1, -0.05) is 19.1 Å². The third-order valence-electron chi connectivity index (χ3n) is 6.08. The largest absolute Gasteiger partial charge is 0.462 e. The van der Waals surface area contributed by atoms with Crippen molar-refractivity contribution in [2.75, 3.05) is 18.1 Å². The van der Waals surface area contributed by atoms with Crippen LogP contribution in [0.25, 0.3) is 6.08 Å². The summed E-state index contributed by atoms with van der Waals surface area (Å²) in [7, 11) is 0. The molecule has 0 bridgehead atoms. The monoisotopic (exact) mass is 490 g/mol. The van der Waals surface area contributed by atoms with E-state index in [1.54, 1.807) is 48.5 Å². The zero-order valence-corrected chi connectivity index (χ0v) is 19.4. The fraction of sp³-hybridized carbons (Fsp3) is 0.385. The van der Waals surface area contributed by atoms with Crippen molar-refractivity contribution in [1.82, 2.24) is 0 Å². The zero-order chi connectivity index (χ0) is 25.6. The van der Waals surface area contributed by atoms with Gasteiger partial charge in [0.15, 0.2) is 0 Å². The van der Waals surface area contributed by atoms with Gasteiger partial charge >= 0.3 is 18.1 Å². The number of esters is 2. The number of nitrogen functional groups attached to an aromatic ring is 2. The normalized spacial score (nSPS) is 19.3. The topological polar surface area (TPSA) is 105 Å². The minimum absolute atomic E-state index is 0.0602. The van der Waals surface area contributed by atoms with E-state index in [-0.39, 0.29) is 38.2 Å². The summed E-state index contributed by atoms with van der Waals surface area (Å²) in [5.41, 5.74) is 14.2. The van der Waals surface area contributed by atoms with Crippen LogP contribution in [0.4, 0.5) is 24.5 Å². The van der Waals surface area contributed by atoms with Crippen molar-refractivity contribution in [3.8, 4) is 5.75 Å². The Balaban J connectivity index is 1.45. The van der Waals surface area contributed by atoms with E-state index in [0.29, 0.717) is 22.7 Å². The molecule has 1 atom stereocenters. The highest BCUT2D eigenvalue weighted by atomic mass is 19.4. The van der Waals surface area contributed by atoms with Crippen LogP contribution in [0.15, 0.2) is 48.5 Å². The Hall–Kier alpha value is -3.49. The molecule has 35 heavy (non-hydrogen) atoms. The Morgan fingerprint density at radius 2 is 1.63 bits per heavy atom. The van der Waals surface area contributed by atoms with Gasteiger partial charge in [-0.2, -0.15) is 13.2 Å². The van der Waals surface area contributed by atoms with Crippen LogP contribution < -0.4 is 16.2 Å².